The smallest absolute Gasteiger partial charge is 0.128 e. The van der Waals surface area contributed by atoms with Crippen LogP contribution in [0.5, 0.6) is 0 Å². The van der Waals surface area contributed by atoms with Gasteiger partial charge in [0, 0.05) is 11.6 Å². The van der Waals surface area contributed by atoms with Gasteiger partial charge in [-0.2, -0.15) is 0 Å². The van der Waals surface area contributed by atoms with Crippen molar-refractivity contribution in [3.05, 3.63) is 70.5 Å². The first kappa shape index (κ1) is 14.7. The highest BCUT2D eigenvalue weighted by Crippen LogP contribution is 2.22. The maximum absolute atomic E-state index is 13.8. The average Bonchev–Trinajstić information content (AvgIpc) is 2.42. The van der Waals surface area contributed by atoms with Crippen molar-refractivity contribution < 1.29 is 4.39 Å². The third-order valence-electron chi connectivity index (χ3n) is 3.65. The van der Waals surface area contributed by atoms with Gasteiger partial charge in [0.05, 0.1) is 0 Å². The zero-order chi connectivity index (χ0) is 14.7. The first-order chi connectivity index (χ1) is 9.47. The molecule has 0 saturated heterocycles. The lowest BCUT2D eigenvalue weighted by Gasteiger charge is -2.14. The van der Waals surface area contributed by atoms with Gasteiger partial charge in [-0.1, -0.05) is 55.8 Å². The van der Waals surface area contributed by atoms with Gasteiger partial charge in [-0.3, -0.25) is 0 Å². The van der Waals surface area contributed by atoms with E-state index in [0.717, 1.165) is 11.1 Å². The summed E-state index contributed by atoms with van der Waals surface area (Å²) in [4.78, 5) is 0. The highest BCUT2D eigenvalue weighted by Gasteiger charge is 2.12. The molecule has 1 unspecified atom stereocenters. The van der Waals surface area contributed by atoms with Crippen LogP contribution in [0.25, 0.3) is 0 Å². The van der Waals surface area contributed by atoms with Crippen molar-refractivity contribution in [1.29, 1.82) is 0 Å². The van der Waals surface area contributed by atoms with Gasteiger partial charge in [-0.25, -0.2) is 4.39 Å². The van der Waals surface area contributed by atoms with E-state index in [0.29, 0.717) is 17.9 Å². The molecule has 0 saturated carbocycles. The molecular weight excluding hydrogens is 249 g/mol. The molecular formula is C18H22FN. The predicted molar refractivity (Wildman–Crippen MR) is 82.3 cm³/mol. The third kappa shape index (κ3) is 3.45. The Kier molecular flexibility index (Phi) is 4.56. The summed E-state index contributed by atoms with van der Waals surface area (Å²) in [5.41, 5.74) is 10.2. The molecule has 1 nitrogen and oxygen atoms in total. The summed E-state index contributed by atoms with van der Waals surface area (Å²) in [6.07, 6.45) is 0.652. The van der Waals surface area contributed by atoms with Gasteiger partial charge in [-0.15, -0.1) is 0 Å². The molecule has 20 heavy (non-hydrogen) atoms. The van der Waals surface area contributed by atoms with E-state index in [1.54, 1.807) is 6.07 Å². The zero-order valence-corrected chi connectivity index (χ0v) is 12.4. The maximum atomic E-state index is 13.8. The lowest BCUT2D eigenvalue weighted by molar-refractivity contribution is 0.579. The molecule has 106 valence electrons. The minimum Gasteiger partial charge on any atom is -0.324 e. The number of aryl methyl sites for hydroxylation is 1. The Morgan fingerprint density at radius 1 is 1.05 bits per heavy atom. The van der Waals surface area contributed by atoms with Crippen LogP contribution in [0.1, 0.15) is 48.1 Å². The van der Waals surface area contributed by atoms with Crippen molar-refractivity contribution in [3.8, 4) is 0 Å². The lowest BCUT2D eigenvalue weighted by atomic mass is 9.95. The summed E-state index contributed by atoms with van der Waals surface area (Å²) in [5, 5.41) is 0. The van der Waals surface area contributed by atoms with Crippen molar-refractivity contribution in [2.45, 2.75) is 39.2 Å². The van der Waals surface area contributed by atoms with Gasteiger partial charge in [0.1, 0.15) is 5.82 Å². The normalized spacial score (nSPS) is 12.7. The SMILES string of the molecule is Cc1ccc(F)c(C(N)Cc2ccc(C(C)C)cc2)c1. The summed E-state index contributed by atoms with van der Waals surface area (Å²) in [6.45, 7) is 6.29. The predicted octanol–water partition coefficient (Wildman–Crippen LogP) is 4.50. The molecule has 0 aliphatic heterocycles. The highest BCUT2D eigenvalue weighted by molar-refractivity contribution is 5.30. The van der Waals surface area contributed by atoms with Gasteiger partial charge in [0.25, 0.3) is 0 Å². The maximum Gasteiger partial charge on any atom is 0.128 e. The third-order valence-corrected chi connectivity index (χ3v) is 3.65. The molecule has 0 radical (unpaired) electrons. The van der Waals surface area contributed by atoms with Crippen LogP contribution in [-0.4, -0.2) is 0 Å². The summed E-state index contributed by atoms with van der Waals surface area (Å²) in [5.74, 6) is 0.300. The Morgan fingerprint density at radius 3 is 2.30 bits per heavy atom. The van der Waals surface area contributed by atoms with E-state index in [1.807, 2.05) is 13.0 Å². The molecule has 0 aliphatic carbocycles. The second kappa shape index (κ2) is 6.19. The van der Waals surface area contributed by atoms with Crippen LogP contribution in [0.2, 0.25) is 0 Å². The van der Waals surface area contributed by atoms with Crippen molar-refractivity contribution in [2.24, 2.45) is 5.73 Å². The Morgan fingerprint density at radius 2 is 1.70 bits per heavy atom. The number of benzene rings is 2. The Bertz CT molecular complexity index is 572. The molecule has 0 amide bonds. The molecule has 2 heteroatoms. The summed E-state index contributed by atoms with van der Waals surface area (Å²) in [6, 6.07) is 13.2. The van der Waals surface area contributed by atoms with Crippen molar-refractivity contribution in [1.82, 2.24) is 0 Å². The first-order valence-corrected chi connectivity index (χ1v) is 7.08. The number of rotatable bonds is 4. The number of halogens is 1. The van der Waals surface area contributed by atoms with Crippen LogP contribution >= 0.6 is 0 Å². The minimum absolute atomic E-state index is 0.220. The van der Waals surface area contributed by atoms with Gasteiger partial charge in [-0.05, 0) is 36.5 Å². The molecule has 0 bridgehead atoms. The second-order valence-electron chi connectivity index (χ2n) is 5.73. The van der Waals surface area contributed by atoms with E-state index in [-0.39, 0.29) is 11.9 Å². The van der Waals surface area contributed by atoms with Crippen LogP contribution < -0.4 is 5.73 Å². The Balaban J connectivity index is 2.14. The van der Waals surface area contributed by atoms with Crippen LogP contribution in [-0.2, 0) is 6.42 Å². The van der Waals surface area contributed by atoms with Gasteiger partial charge >= 0.3 is 0 Å². The average molecular weight is 271 g/mol. The van der Waals surface area contributed by atoms with E-state index < -0.39 is 0 Å². The molecule has 2 aromatic carbocycles. The zero-order valence-electron chi connectivity index (χ0n) is 12.4. The molecule has 2 rings (SSSR count). The Hall–Kier alpha value is -1.67. The molecule has 0 aromatic heterocycles. The largest absolute Gasteiger partial charge is 0.324 e. The molecule has 0 fully saturated rings. The molecule has 0 spiro atoms. The van der Waals surface area contributed by atoms with Crippen molar-refractivity contribution >= 4 is 0 Å². The van der Waals surface area contributed by atoms with Crippen molar-refractivity contribution in [3.63, 3.8) is 0 Å². The summed E-state index contributed by atoms with van der Waals surface area (Å²) < 4.78 is 13.8. The minimum atomic E-state index is -0.306. The molecule has 0 aliphatic rings. The number of nitrogens with two attached hydrogens (primary N) is 1. The summed E-state index contributed by atoms with van der Waals surface area (Å²) in [7, 11) is 0. The van der Waals surface area contributed by atoms with E-state index in [1.165, 1.54) is 11.6 Å². The molecule has 2 N–H and O–H groups in total. The van der Waals surface area contributed by atoms with Crippen LogP contribution in [0.4, 0.5) is 4.39 Å². The molecule has 1 atom stereocenters. The van der Waals surface area contributed by atoms with E-state index in [4.69, 9.17) is 5.73 Å². The number of hydrogen-bond donors (Lipinski definition) is 1. The monoisotopic (exact) mass is 271 g/mol. The van der Waals surface area contributed by atoms with Crippen molar-refractivity contribution in [2.75, 3.05) is 0 Å². The standard InChI is InChI=1S/C18H22FN/c1-12(2)15-7-5-14(6-8-15)11-18(20)16-10-13(3)4-9-17(16)19/h4-10,12,18H,11,20H2,1-3H3. The first-order valence-electron chi connectivity index (χ1n) is 7.08. The van der Waals surface area contributed by atoms with Gasteiger partial charge in [0.15, 0.2) is 0 Å². The molecule has 0 heterocycles. The quantitative estimate of drug-likeness (QED) is 0.870. The van der Waals surface area contributed by atoms with Crippen LogP contribution in [0.3, 0.4) is 0 Å². The fourth-order valence-corrected chi connectivity index (χ4v) is 2.35. The molecule has 2 aromatic rings. The topological polar surface area (TPSA) is 26.0 Å². The Labute approximate surface area is 120 Å². The summed E-state index contributed by atoms with van der Waals surface area (Å²) >= 11 is 0. The fourth-order valence-electron chi connectivity index (χ4n) is 2.35. The van der Waals surface area contributed by atoms with E-state index in [2.05, 4.69) is 38.1 Å². The van der Waals surface area contributed by atoms with Crippen LogP contribution in [0, 0.1) is 12.7 Å². The van der Waals surface area contributed by atoms with Gasteiger partial charge in [0.2, 0.25) is 0 Å². The number of hydrogen-bond acceptors (Lipinski definition) is 1. The lowest BCUT2D eigenvalue weighted by Crippen LogP contribution is -2.15. The fraction of sp³-hybridized carbons (Fsp3) is 0.333. The van der Waals surface area contributed by atoms with E-state index in [9.17, 15) is 4.39 Å². The highest BCUT2D eigenvalue weighted by atomic mass is 19.1. The van der Waals surface area contributed by atoms with Gasteiger partial charge < -0.3 is 5.73 Å². The van der Waals surface area contributed by atoms with E-state index >= 15 is 0 Å². The van der Waals surface area contributed by atoms with Crippen LogP contribution in [0.15, 0.2) is 42.5 Å². The second-order valence-corrected chi connectivity index (χ2v) is 5.73.